The van der Waals surface area contributed by atoms with E-state index in [1.165, 1.54) is 11.0 Å². The Morgan fingerprint density at radius 3 is 2.39 bits per heavy atom. The third-order valence-corrected chi connectivity index (χ3v) is 6.85. The smallest absolute Gasteiger partial charge is 0.270 e. The average molecular weight is 506 g/mol. The molecule has 0 bridgehead atoms. The number of benzene rings is 3. The van der Waals surface area contributed by atoms with Crippen molar-refractivity contribution in [1.82, 2.24) is 4.90 Å². The predicted octanol–water partition coefficient (Wildman–Crippen LogP) is 4.04. The molecule has 3 heterocycles. The number of anilines is 1. The number of carbonyl (C=O) groups excluding carboxylic acids is 3. The van der Waals surface area contributed by atoms with Crippen LogP contribution in [0.25, 0.3) is 0 Å². The van der Waals surface area contributed by atoms with Gasteiger partial charge in [-0.3, -0.25) is 29.4 Å². The minimum absolute atomic E-state index is 0.0176. The van der Waals surface area contributed by atoms with Gasteiger partial charge in [-0.05, 0) is 54.4 Å². The number of hydrogen-bond donors (Lipinski definition) is 0. The molecule has 0 spiro atoms. The third kappa shape index (κ3) is 3.07. The number of ether oxygens (including phenoxy) is 2. The van der Waals surface area contributed by atoms with Crippen molar-refractivity contribution in [2.45, 2.75) is 19.0 Å². The van der Waals surface area contributed by atoms with Gasteiger partial charge in [-0.25, -0.2) is 0 Å². The second-order valence-electron chi connectivity index (χ2n) is 8.61. The molecule has 2 atom stereocenters. The van der Waals surface area contributed by atoms with Crippen molar-refractivity contribution in [1.29, 1.82) is 0 Å². The van der Waals surface area contributed by atoms with Crippen LogP contribution in [-0.4, -0.2) is 40.4 Å². The van der Waals surface area contributed by atoms with E-state index in [9.17, 15) is 24.5 Å². The molecule has 3 aromatic rings. The van der Waals surface area contributed by atoms with Crippen LogP contribution in [0.1, 0.15) is 37.9 Å². The molecule has 0 radical (unpaired) electrons. The predicted molar refractivity (Wildman–Crippen MR) is 126 cm³/mol. The molecule has 11 heteroatoms. The van der Waals surface area contributed by atoms with Gasteiger partial charge in [0.1, 0.15) is 6.04 Å². The van der Waals surface area contributed by atoms with Gasteiger partial charge in [-0.15, -0.1) is 0 Å². The van der Waals surface area contributed by atoms with Crippen molar-refractivity contribution in [3.05, 3.63) is 92.0 Å². The number of hydrogen-bond acceptors (Lipinski definition) is 7. The molecule has 180 valence electrons. The van der Waals surface area contributed by atoms with Crippen molar-refractivity contribution >= 4 is 40.7 Å². The summed E-state index contributed by atoms with van der Waals surface area (Å²) in [6, 6.07) is 11.8. The van der Waals surface area contributed by atoms with Crippen molar-refractivity contribution in [3.8, 4) is 11.5 Å². The number of rotatable bonds is 4. The molecular formula is C25H16ClN3O7. The Morgan fingerprint density at radius 2 is 1.64 bits per heavy atom. The third-order valence-electron chi connectivity index (χ3n) is 6.61. The standard InChI is InChI=1S/C25H16ClN3O7/c1-12-8-14(26)3-6-18(12)27-21(13-2-7-19-20(9-13)36-11-35-19)22(25(27)32)28-23(30)16-5-4-15(29(33)34)10-17(16)24(28)31/h2-10,21-22H,11H2,1H3. The molecule has 10 nitrogen and oxygen atoms in total. The highest BCUT2D eigenvalue weighted by Crippen LogP contribution is 2.47. The summed E-state index contributed by atoms with van der Waals surface area (Å²) in [6.45, 7) is 1.86. The van der Waals surface area contributed by atoms with Gasteiger partial charge in [0.05, 0.1) is 22.1 Å². The molecule has 3 aliphatic rings. The summed E-state index contributed by atoms with van der Waals surface area (Å²) in [5, 5.41) is 11.7. The van der Waals surface area contributed by atoms with Crippen LogP contribution in [0.2, 0.25) is 5.02 Å². The lowest BCUT2D eigenvalue weighted by Crippen LogP contribution is -2.67. The summed E-state index contributed by atoms with van der Waals surface area (Å²) >= 11 is 6.11. The quantitative estimate of drug-likeness (QED) is 0.227. The zero-order valence-electron chi connectivity index (χ0n) is 18.6. The number of carbonyl (C=O) groups is 3. The Kier molecular flexibility index (Phi) is 4.77. The van der Waals surface area contributed by atoms with Crippen LogP contribution >= 0.6 is 11.6 Å². The second kappa shape index (κ2) is 7.79. The number of fused-ring (bicyclic) bond motifs is 2. The average Bonchev–Trinajstić information content (AvgIpc) is 3.41. The number of β-lactam (4-membered cyclic amide) rings is 1. The van der Waals surface area contributed by atoms with Crippen molar-refractivity contribution in [2.75, 3.05) is 11.7 Å². The minimum Gasteiger partial charge on any atom is -0.454 e. The van der Waals surface area contributed by atoms with E-state index < -0.39 is 34.7 Å². The lowest BCUT2D eigenvalue weighted by molar-refractivity contribution is -0.384. The van der Waals surface area contributed by atoms with Crippen LogP contribution in [-0.2, 0) is 4.79 Å². The molecule has 3 amide bonds. The highest BCUT2D eigenvalue weighted by molar-refractivity contribution is 6.31. The molecule has 3 aliphatic heterocycles. The van der Waals surface area contributed by atoms with Gasteiger partial charge in [0.2, 0.25) is 6.79 Å². The van der Waals surface area contributed by atoms with Crippen LogP contribution in [0.3, 0.4) is 0 Å². The van der Waals surface area contributed by atoms with E-state index >= 15 is 0 Å². The van der Waals surface area contributed by atoms with Gasteiger partial charge < -0.3 is 14.4 Å². The Balaban J connectivity index is 1.45. The number of halogens is 1. The monoisotopic (exact) mass is 505 g/mol. The molecule has 3 aromatic carbocycles. The molecule has 36 heavy (non-hydrogen) atoms. The molecule has 0 aromatic heterocycles. The highest BCUT2D eigenvalue weighted by Gasteiger charge is 2.58. The first-order chi connectivity index (χ1) is 17.3. The van der Waals surface area contributed by atoms with Crippen LogP contribution in [0.15, 0.2) is 54.6 Å². The Bertz CT molecular complexity index is 1520. The van der Waals surface area contributed by atoms with E-state index in [2.05, 4.69) is 0 Å². The number of nitro groups is 1. The zero-order chi connectivity index (χ0) is 25.3. The van der Waals surface area contributed by atoms with Gasteiger partial charge in [0.15, 0.2) is 11.5 Å². The van der Waals surface area contributed by atoms with E-state index in [1.807, 2.05) is 0 Å². The topological polar surface area (TPSA) is 119 Å². The molecule has 0 N–H and O–H groups in total. The Morgan fingerprint density at radius 1 is 0.889 bits per heavy atom. The summed E-state index contributed by atoms with van der Waals surface area (Å²) in [7, 11) is 0. The second-order valence-corrected chi connectivity index (χ2v) is 9.05. The minimum atomic E-state index is -1.16. The summed E-state index contributed by atoms with van der Waals surface area (Å²) in [5.74, 6) is -0.872. The lowest BCUT2D eigenvalue weighted by atomic mass is 9.85. The zero-order valence-corrected chi connectivity index (χ0v) is 19.4. The van der Waals surface area contributed by atoms with Crippen LogP contribution in [0.5, 0.6) is 11.5 Å². The van der Waals surface area contributed by atoms with E-state index in [0.717, 1.165) is 22.6 Å². The molecule has 0 saturated carbocycles. The Hall–Kier alpha value is -4.44. The Labute approximate surface area is 208 Å². The van der Waals surface area contributed by atoms with E-state index in [-0.39, 0.29) is 23.6 Å². The number of nitro benzene ring substituents is 1. The van der Waals surface area contributed by atoms with Crippen LogP contribution in [0, 0.1) is 17.0 Å². The van der Waals surface area contributed by atoms with Gasteiger partial charge in [0, 0.05) is 22.8 Å². The molecular weight excluding hydrogens is 490 g/mol. The van der Waals surface area contributed by atoms with Crippen LogP contribution in [0.4, 0.5) is 11.4 Å². The van der Waals surface area contributed by atoms with Gasteiger partial charge in [-0.1, -0.05) is 17.7 Å². The molecule has 1 fully saturated rings. The highest BCUT2D eigenvalue weighted by atomic mass is 35.5. The number of nitrogens with zero attached hydrogens (tertiary/aromatic N) is 3. The molecule has 0 aliphatic carbocycles. The van der Waals surface area contributed by atoms with Crippen molar-refractivity contribution < 1.29 is 28.8 Å². The number of amides is 3. The molecule has 1 saturated heterocycles. The fourth-order valence-electron chi connectivity index (χ4n) is 4.93. The van der Waals surface area contributed by atoms with E-state index in [4.69, 9.17) is 21.1 Å². The number of aryl methyl sites for hydroxylation is 1. The summed E-state index contributed by atoms with van der Waals surface area (Å²) in [4.78, 5) is 53.2. The van der Waals surface area contributed by atoms with E-state index in [0.29, 0.717) is 27.8 Å². The van der Waals surface area contributed by atoms with Crippen LogP contribution < -0.4 is 14.4 Å². The van der Waals surface area contributed by atoms with Crippen molar-refractivity contribution in [2.24, 2.45) is 0 Å². The first-order valence-corrected chi connectivity index (χ1v) is 11.3. The maximum Gasteiger partial charge on any atom is 0.270 e. The SMILES string of the molecule is Cc1cc(Cl)ccc1N1C(=O)C(N2C(=O)c3ccc([N+](=O)[O-])cc3C2=O)C1c1ccc2c(c1)OCO2. The number of imide groups is 1. The fraction of sp³-hybridized carbons (Fsp3) is 0.160. The first kappa shape index (κ1) is 22.1. The normalized spacial score (nSPS) is 20.0. The summed E-state index contributed by atoms with van der Waals surface area (Å²) in [6.07, 6.45) is 0. The largest absolute Gasteiger partial charge is 0.454 e. The molecule has 2 unspecified atom stereocenters. The maximum atomic E-state index is 13.6. The van der Waals surface area contributed by atoms with Crippen molar-refractivity contribution in [3.63, 3.8) is 0 Å². The summed E-state index contributed by atoms with van der Waals surface area (Å²) in [5.41, 5.74) is 1.54. The first-order valence-electron chi connectivity index (χ1n) is 10.9. The van der Waals surface area contributed by atoms with E-state index in [1.54, 1.807) is 43.3 Å². The van der Waals surface area contributed by atoms with Gasteiger partial charge in [-0.2, -0.15) is 0 Å². The fourth-order valence-corrected chi connectivity index (χ4v) is 5.15. The van der Waals surface area contributed by atoms with Gasteiger partial charge >= 0.3 is 0 Å². The maximum absolute atomic E-state index is 13.6. The summed E-state index contributed by atoms with van der Waals surface area (Å²) < 4.78 is 10.9. The lowest BCUT2D eigenvalue weighted by Gasteiger charge is -2.50. The molecule has 6 rings (SSSR count). The van der Waals surface area contributed by atoms with Gasteiger partial charge in [0.25, 0.3) is 23.4 Å². The number of non-ortho nitro benzene ring substituents is 1.